The van der Waals surface area contributed by atoms with Gasteiger partial charge in [-0.1, -0.05) is 19.9 Å². The van der Waals surface area contributed by atoms with Gasteiger partial charge in [0.1, 0.15) is 17.2 Å². The molecule has 1 fully saturated rings. The van der Waals surface area contributed by atoms with Crippen LogP contribution in [-0.2, 0) is 20.7 Å². The van der Waals surface area contributed by atoms with Crippen molar-refractivity contribution in [1.29, 1.82) is 0 Å². The summed E-state index contributed by atoms with van der Waals surface area (Å²) in [7, 11) is 1.29. The van der Waals surface area contributed by atoms with Crippen molar-refractivity contribution >= 4 is 5.78 Å². The monoisotopic (exact) mass is 378 g/mol. The summed E-state index contributed by atoms with van der Waals surface area (Å²) >= 11 is 0. The predicted octanol–water partition coefficient (Wildman–Crippen LogP) is 4.19. The van der Waals surface area contributed by atoms with Gasteiger partial charge in [0.25, 0.3) is 0 Å². The number of halogens is 2. The van der Waals surface area contributed by atoms with E-state index in [1.54, 1.807) is 6.08 Å². The van der Waals surface area contributed by atoms with Crippen molar-refractivity contribution in [3.63, 3.8) is 0 Å². The highest BCUT2D eigenvalue weighted by Gasteiger charge is 2.52. The molecular weight excluding hydrogens is 354 g/mol. The van der Waals surface area contributed by atoms with Gasteiger partial charge >= 0.3 is 0 Å². The fourth-order valence-corrected chi connectivity index (χ4v) is 3.95. The van der Waals surface area contributed by atoms with Crippen molar-refractivity contribution in [2.24, 2.45) is 17.8 Å². The van der Waals surface area contributed by atoms with Gasteiger partial charge in [0.05, 0.1) is 7.11 Å². The number of carbonyl (C=O) groups excluding carboxylic acids is 1. The quantitative estimate of drug-likeness (QED) is 0.697. The van der Waals surface area contributed by atoms with Crippen LogP contribution >= 0.6 is 0 Å². The SMILES string of the molecule is C=CC(C)[C@H]1C[C@]2([C@H](C)Cc3cc(F)c(OC)cc3F)OCOC2=CC1=O. The first-order valence-electron chi connectivity index (χ1n) is 8.99. The van der Waals surface area contributed by atoms with Crippen molar-refractivity contribution in [1.82, 2.24) is 0 Å². The van der Waals surface area contributed by atoms with E-state index < -0.39 is 17.2 Å². The molecule has 2 aliphatic rings. The van der Waals surface area contributed by atoms with E-state index in [0.29, 0.717) is 12.2 Å². The molecule has 6 heteroatoms. The highest BCUT2D eigenvalue weighted by atomic mass is 19.1. The summed E-state index contributed by atoms with van der Waals surface area (Å²) < 4.78 is 44.8. The molecule has 0 N–H and O–H groups in total. The lowest BCUT2D eigenvalue weighted by Crippen LogP contribution is -2.46. The minimum Gasteiger partial charge on any atom is -0.494 e. The van der Waals surface area contributed by atoms with Crippen LogP contribution in [0.15, 0.2) is 36.6 Å². The van der Waals surface area contributed by atoms with Crippen LogP contribution in [-0.4, -0.2) is 25.3 Å². The normalized spacial score (nSPS) is 26.6. The van der Waals surface area contributed by atoms with E-state index in [1.165, 1.54) is 13.2 Å². The van der Waals surface area contributed by atoms with Gasteiger partial charge < -0.3 is 14.2 Å². The first kappa shape index (κ1) is 19.5. The Kier molecular flexibility index (Phi) is 5.38. The molecule has 0 amide bonds. The summed E-state index contributed by atoms with van der Waals surface area (Å²) in [5, 5.41) is 0. The van der Waals surface area contributed by atoms with Crippen LogP contribution < -0.4 is 4.74 Å². The summed E-state index contributed by atoms with van der Waals surface area (Å²) in [5.41, 5.74) is -0.603. The maximum absolute atomic E-state index is 14.4. The van der Waals surface area contributed by atoms with Gasteiger partial charge in [-0.3, -0.25) is 4.79 Å². The van der Waals surface area contributed by atoms with E-state index in [1.807, 2.05) is 13.8 Å². The Hall–Kier alpha value is -2.21. The van der Waals surface area contributed by atoms with E-state index >= 15 is 0 Å². The molecule has 1 unspecified atom stereocenters. The zero-order chi connectivity index (χ0) is 19.8. The second-order valence-electron chi connectivity index (χ2n) is 7.30. The molecule has 0 aromatic heterocycles. The first-order valence-corrected chi connectivity index (χ1v) is 8.99. The summed E-state index contributed by atoms with van der Waals surface area (Å²) in [6.07, 6.45) is 3.89. The third-order valence-corrected chi connectivity index (χ3v) is 5.76. The highest BCUT2D eigenvalue weighted by Crippen LogP contribution is 2.47. The van der Waals surface area contributed by atoms with Gasteiger partial charge in [-0.2, -0.15) is 0 Å². The number of carbonyl (C=O) groups is 1. The van der Waals surface area contributed by atoms with E-state index in [9.17, 15) is 13.6 Å². The van der Waals surface area contributed by atoms with E-state index in [2.05, 4.69) is 6.58 Å². The average molecular weight is 378 g/mol. The number of hydrogen-bond acceptors (Lipinski definition) is 4. The number of fused-ring (bicyclic) bond motifs is 1. The lowest BCUT2D eigenvalue weighted by molar-refractivity contribution is -0.124. The van der Waals surface area contributed by atoms with Crippen molar-refractivity contribution in [2.75, 3.05) is 13.9 Å². The molecule has 1 aliphatic heterocycles. The predicted molar refractivity (Wildman–Crippen MR) is 96.1 cm³/mol. The van der Waals surface area contributed by atoms with Gasteiger partial charge in [0.15, 0.2) is 24.1 Å². The number of ether oxygens (including phenoxy) is 3. The van der Waals surface area contributed by atoms with Crippen LogP contribution in [0.2, 0.25) is 0 Å². The average Bonchev–Trinajstić information content (AvgIpc) is 3.06. The minimum absolute atomic E-state index is 0.0209. The molecule has 0 saturated carbocycles. The van der Waals surface area contributed by atoms with Gasteiger partial charge in [0.2, 0.25) is 0 Å². The summed E-state index contributed by atoms with van der Waals surface area (Å²) in [6.45, 7) is 7.65. The third kappa shape index (κ3) is 3.38. The lowest BCUT2D eigenvalue weighted by Gasteiger charge is -2.39. The molecule has 1 aromatic carbocycles. The molecule has 1 heterocycles. The molecule has 0 spiro atoms. The molecule has 4 nitrogen and oxygen atoms in total. The largest absolute Gasteiger partial charge is 0.494 e. The number of benzene rings is 1. The Morgan fingerprint density at radius 2 is 2.11 bits per heavy atom. The molecular formula is C21H24F2O4. The van der Waals surface area contributed by atoms with Crippen LogP contribution in [0, 0.1) is 29.4 Å². The Balaban J connectivity index is 1.91. The standard InChI is InChI=1S/C21H24F2O4/c1-5-12(2)15-10-21(20(9-18(15)24)26-11-27-21)13(3)6-14-7-17(23)19(25-4)8-16(14)22/h5,7-9,12-13,15H,1,6,10-11H2,2-4H3/t12?,13-,15-,21-/m1/s1. The van der Waals surface area contributed by atoms with Crippen LogP contribution in [0.3, 0.4) is 0 Å². The molecule has 146 valence electrons. The fourth-order valence-electron chi connectivity index (χ4n) is 3.95. The molecule has 27 heavy (non-hydrogen) atoms. The number of allylic oxidation sites excluding steroid dienone is 2. The molecule has 1 saturated heterocycles. The Bertz CT molecular complexity index is 789. The zero-order valence-corrected chi connectivity index (χ0v) is 15.8. The summed E-state index contributed by atoms with van der Waals surface area (Å²) in [6, 6.07) is 2.20. The highest BCUT2D eigenvalue weighted by molar-refractivity contribution is 5.94. The smallest absolute Gasteiger partial charge is 0.189 e. The molecule has 0 radical (unpaired) electrons. The Morgan fingerprint density at radius 1 is 1.37 bits per heavy atom. The second kappa shape index (κ2) is 7.43. The summed E-state index contributed by atoms with van der Waals surface area (Å²) in [4.78, 5) is 12.4. The molecule has 1 aliphatic carbocycles. The van der Waals surface area contributed by atoms with Crippen LogP contribution in [0.4, 0.5) is 8.78 Å². The maximum Gasteiger partial charge on any atom is 0.189 e. The van der Waals surface area contributed by atoms with Gasteiger partial charge in [-0.15, -0.1) is 6.58 Å². The van der Waals surface area contributed by atoms with Gasteiger partial charge in [0, 0.05) is 18.1 Å². The number of hydrogen-bond donors (Lipinski definition) is 0. The summed E-state index contributed by atoms with van der Waals surface area (Å²) in [5.74, 6) is -1.38. The Morgan fingerprint density at radius 3 is 2.78 bits per heavy atom. The van der Waals surface area contributed by atoms with Crippen LogP contribution in [0.1, 0.15) is 25.8 Å². The molecule has 4 atom stereocenters. The van der Waals surface area contributed by atoms with E-state index in [0.717, 1.165) is 12.1 Å². The Labute approximate surface area is 157 Å². The van der Waals surface area contributed by atoms with E-state index in [-0.39, 0.29) is 48.1 Å². The number of methoxy groups -OCH3 is 1. The second-order valence-corrected chi connectivity index (χ2v) is 7.30. The van der Waals surface area contributed by atoms with Crippen molar-refractivity contribution in [2.45, 2.75) is 32.3 Å². The zero-order valence-electron chi connectivity index (χ0n) is 15.8. The van der Waals surface area contributed by atoms with E-state index in [4.69, 9.17) is 14.2 Å². The fraction of sp³-hybridized carbons (Fsp3) is 0.476. The van der Waals surface area contributed by atoms with Crippen molar-refractivity contribution < 1.29 is 27.8 Å². The first-order chi connectivity index (χ1) is 12.8. The van der Waals surface area contributed by atoms with Crippen LogP contribution in [0.5, 0.6) is 5.75 Å². The van der Waals surface area contributed by atoms with Crippen molar-refractivity contribution in [3.05, 3.63) is 53.8 Å². The van der Waals surface area contributed by atoms with Gasteiger partial charge in [-0.25, -0.2) is 8.78 Å². The number of ketones is 1. The van der Waals surface area contributed by atoms with Crippen molar-refractivity contribution in [3.8, 4) is 5.75 Å². The third-order valence-electron chi connectivity index (χ3n) is 5.76. The maximum atomic E-state index is 14.4. The van der Waals surface area contributed by atoms with Crippen LogP contribution in [0.25, 0.3) is 0 Å². The molecule has 1 aromatic rings. The minimum atomic E-state index is -0.835. The molecule has 0 bridgehead atoms. The number of rotatable bonds is 6. The topological polar surface area (TPSA) is 44.8 Å². The van der Waals surface area contributed by atoms with Gasteiger partial charge in [-0.05, 0) is 36.3 Å². The molecule has 3 rings (SSSR count). The lowest BCUT2D eigenvalue weighted by atomic mass is 9.69.